The molecule has 0 radical (unpaired) electrons. The minimum Gasteiger partial charge on any atom is -0.343 e. The van der Waals surface area contributed by atoms with Crippen molar-refractivity contribution in [1.29, 1.82) is 0 Å². The van der Waals surface area contributed by atoms with E-state index in [0.717, 1.165) is 6.42 Å². The van der Waals surface area contributed by atoms with Gasteiger partial charge in [-0.15, -0.1) is 22.7 Å². The average Bonchev–Trinajstić information content (AvgIpc) is 4.17. The van der Waals surface area contributed by atoms with Gasteiger partial charge in [0, 0.05) is 14.6 Å². The second-order valence-electron chi connectivity index (χ2n) is 18.2. The van der Waals surface area contributed by atoms with Gasteiger partial charge in [-0.3, -0.25) is 0 Å². The van der Waals surface area contributed by atoms with Gasteiger partial charge in [0.1, 0.15) is 0 Å². The van der Waals surface area contributed by atoms with Crippen LogP contribution in [0.25, 0.3) is 19.5 Å². The van der Waals surface area contributed by atoms with Gasteiger partial charge in [0.05, 0.1) is 0 Å². The number of hydrogen-bond donors (Lipinski definition) is 0. The second kappa shape index (κ2) is 43.1. The van der Waals surface area contributed by atoms with Crippen LogP contribution in [-0.2, 0) is 12.8 Å². The van der Waals surface area contributed by atoms with Crippen molar-refractivity contribution in [3.8, 4) is 19.5 Å². The van der Waals surface area contributed by atoms with Gasteiger partial charge in [0.15, 0.2) is 0 Å². The molecule has 0 aliphatic carbocycles. The number of halogens is 1. The van der Waals surface area contributed by atoms with E-state index in [0.29, 0.717) is 0 Å². The third-order valence-electron chi connectivity index (χ3n) is 12.3. The summed E-state index contributed by atoms with van der Waals surface area (Å²) in [6, 6.07) is 18.7. The molecule has 4 aromatic rings. The minimum absolute atomic E-state index is 0. The minimum atomic E-state index is -2.25. The summed E-state index contributed by atoms with van der Waals surface area (Å²) in [4.78, 5) is 9.04. The molecule has 0 saturated carbocycles. The second-order valence-corrected chi connectivity index (χ2v) is 53.0. The van der Waals surface area contributed by atoms with E-state index in [1.54, 1.807) is 27.9 Å². The van der Waals surface area contributed by atoms with E-state index in [1.807, 2.05) is 25.6 Å². The summed E-state index contributed by atoms with van der Waals surface area (Å²) in [5, 5.41) is 2.15. The van der Waals surface area contributed by atoms with Crippen LogP contribution in [0.5, 0.6) is 0 Å². The Morgan fingerprint density at radius 3 is 1.17 bits per heavy atom. The van der Waals surface area contributed by atoms with E-state index in [1.165, 1.54) is 176 Å². The third kappa shape index (κ3) is 28.8. The molecule has 0 aromatic carbocycles. The van der Waals surface area contributed by atoms with Gasteiger partial charge < -0.3 is 6.92 Å². The topological polar surface area (TPSA) is 0 Å². The van der Waals surface area contributed by atoms with Crippen molar-refractivity contribution in [1.82, 2.24) is 0 Å². The summed E-state index contributed by atoms with van der Waals surface area (Å²) in [5.41, 5.74) is 0. The Kier molecular flexibility index (Phi) is 44.0. The van der Waals surface area contributed by atoms with Crippen LogP contribution < -0.4 is 21.8 Å². The molecule has 4 rings (SSSR count). The average molecular weight is 1180 g/mol. The van der Waals surface area contributed by atoms with Crippen molar-refractivity contribution < 1.29 is 18.9 Å². The van der Waals surface area contributed by atoms with Crippen molar-refractivity contribution in [2.24, 2.45) is 0 Å². The third-order valence-corrected chi connectivity index (χ3v) is 49.7. The van der Waals surface area contributed by atoms with Gasteiger partial charge in [-0.05, 0) is 36.4 Å². The molecule has 0 atom stereocenters. The Labute approximate surface area is 439 Å². The van der Waals surface area contributed by atoms with E-state index in [2.05, 4.69) is 146 Å². The maximum absolute atomic E-state index is 6.89. The first-order chi connectivity index (χ1) is 30.7. The zero-order valence-electron chi connectivity index (χ0n) is 43.6. The largest absolute Gasteiger partial charge is 1.00 e. The van der Waals surface area contributed by atoms with Crippen molar-refractivity contribution in [3.63, 3.8) is 0 Å². The number of rotatable bonds is 32. The maximum Gasteiger partial charge on any atom is 1.00 e. The van der Waals surface area contributed by atoms with E-state index in [9.17, 15) is 0 Å². The SMILES string of the molecule is CCCCCCc1ccc(-c2cc[c]([Sn]([CH2]CCC)([CH2]CCC)[CH2]CCC)s2)s1.CCCCCCc1ccc(-c2cccs2)s1.CCC[CH2][Sn]([Cl])([CH2]CCC)[CH2]CCC.[CH2-]CCC.[Li+]. The van der Waals surface area contributed by atoms with E-state index in [4.69, 9.17) is 8.92 Å². The predicted molar refractivity (Wildman–Crippen MR) is 307 cm³/mol. The Hall–Kier alpha value is 1.28. The van der Waals surface area contributed by atoms with Crippen LogP contribution in [0.3, 0.4) is 0 Å². The smallest absolute Gasteiger partial charge is 0.343 e. The summed E-state index contributed by atoms with van der Waals surface area (Å²) < 4.78 is 10.9. The molecule has 0 aliphatic rings. The molecule has 8 heteroatoms. The molecule has 0 amide bonds. The quantitative estimate of drug-likeness (QED) is 0.0260. The molecule has 0 N–H and O–H groups in total. The number of unbranched alkanes of at least 4 members (excludes halogenated alkanes) is 13. The molecular formula is C56H98ClLiS4Sn2. The number of thiophene rings is 4. The molecule has 0 nitrogen and oxygen atoms in total. The first kappa shape index (κ1) is 65.3. The molecule has 4 heterocycles. The first-order valence-electron chi connectivity index (χ1n) is 26.5. The maximum atomic E-state index is 6.89. The zero-order chi connectivity index (χ0) is 46.4. The van der Waals surface area contributed by atoms with Crippen molar-refractivity contribution in [3.05, 3.63) is 70.6 Å². The fourth-order valence-electron chi connectivity index (χ4n) is 8.06. The number of aryl methyl sites for hydroxylation is 2. The predicted octanol–water partition coefficient (Wildman–Crippen LogP) is 19.5. The summed E-state index contributed by atoms with van der Waals surface area (Å²) in [5.74, 6) is 0. The molecule has 64 heavy (non-hydrogen) atoms. The van der Waals surface area contributed by atoms with Crippen LogP contribution in [-0.4, -0.2) is 35.6 Å². The molecule has 4 aromatic heterocycles. The van der Waals surface area contributed by atoms with E-state index < -0.39 is 35.6 Å². The van der Waals surface area contributed by atoms with Gasteiger partial charge in [-0.25, -0.2) is 0 Å². The van der Waals surface area contributed by atoms with Crippen molar-refractivity contribution in [2.45, 2.75) is 243 Å². The molecule has 362 valence electrons. The fraction of sp³-hybridized carbons (Fsp3) is 0.696. The molecule has 0 bridgehead atoms. The number of hydrogen-bond acceptors (Lipinski definition) is 4. The molecular weight excluding hydrogens is 1080 g/mol. The van der Waals surface area contributed by atoms with Crippen LogP contribution in [0, 0.1) is 6.92 Å². The fourth-order valence-corrected chi connectivity index (χ4v) is 44.5. The first-order valence-corrected chi connectivity index (χ1v) is 47.0. The van der Waals surface area contributed by atoms with Crippen LogP contribution in [0.1, 0.15) is 213 Å². The molecule has 0 spiro atoms. The zero-order valence-corrected chi connectivity index (χ0v) is 53.4. The normalized spacial score (nSPS) is 11.2. The summed E-state index contributed by atoms with van der Waals surface area (Å²) in [7, 11) is 6.89. The standard InChI is InChI=1S/C14H18S2.C14H17S2.7C4H9.ClH.Li.2Sn/c2*1-2-3-4-5-7-12-9-10-14(16-12)13-8-6-11-15-13;7*1-3-4-2;;;;/h6,8-11H,2-5,7H2,1H3;6,8-10H,2-5,7H2,1H3;7*1,3-4H2,2H3;1H;;;/q;;;;;;;;-1;;+1;;+1/p-1. The summed E-state index contributed by atoms with van der Waals surface area (Å²) in [6.45, 7) is 24.3. The van der Waals surface area contributed by atoms with Crippen LogP contribution in [0.4, 0.5) is 0 Å². The Morgan fingerprint density at radius 1 is 0.422 bits per heavy atom. The van der Waals surface area contributed by atoms with Crippen LogP contribution >= 0.6 is 54.3 Å². The van der Waals surface area contributed by atoms with E-state index in [-0.39, 0.29) is 18.9 Å². The van der Waals surface area contributed by atoms with Gasteiger partial charge >= 0.3 is 312 Å². The van der Waals surface area contributed by atoms with Gasteiger partial charge in [0.2, 0.25) is 0 Å². The van der Waals surface area contributed by atoms with Crippen LogP contribution in [0.2, 0.25) is 26.6 Å². The van der Waals surface area contributed by atoms with Gasteiger partial charge in [0.25, 0.3) is 0 Å². The van der Waals surface area contributed by atoms with Crippen LogP contribution in [0.15, 0.2) is 53.9 Å². The Balaban J connectivity index is 0.000000958. The summed E-state index contributed by atoms with van der Waals surface area (Å²) >= 11 is 3.70. The Morgan fingerprint density at radius 2 is 0.797 bits per heavy atom. The van der Waals surface area contributed by atoms with Gasteiger partial charge in [-0.2, -0.15) is 6.42 Å². The van der Waals surface area contributed by atoms with Crippen molar-refractivity contribution in [2.75, 3.05) is 0 Å². The Bertz CT molecular complexity index is 1510. The summed E-state index contributed by atoms with van der Waals surface area (Å²) in [6.07, 6.45) is 32.3. The van der Waals surface area contributed by atoms with Crippen molar-refractivity contribution >= 4 is 92.8 Å². The molecule has 0 unspecified atom stereocenters. The van der Waals surface area contributed by atoms with E-state index >= 15 is 0 Å². The van der Waals surface area contributed by atoms with Gasteiger partial charge in [-0.1, -0.05) is 45.6 Å². The monoisotopic (exact) mass is 1180 g/mol. The molecule has 0 aliphatic heterocycles. The molecule has 0 saturated heterocycles. The molecule has 0 fully saturated rings.